The molecule has 0 saturated heterocycles. The van der Waals surface area contributed by atoms with E-state index >= 15 is 0 Å². The van der Waals surface area contributed by atoms with Crippen LogP contribution in [-0.2, 0) is 6.54 Å². The van der Waals surface area contributed by atoms with Crippen LogP contribution >= 0.6 is 0 Å². The molecule has 142 valence electrons. The fourth-order valence-corrected chi connectivity index (χ4v) is 3.25. The van der Waals surface area contributed by atoms with Crippen molar-refractivity contribution in [3.8, 4) is 5.95 Å². The summed E-state index contributed by atoms with van der Waals surface area (Å²) < 4.78 is 3.00. The first-order chi connectivity index (χ1) is 14.1. The van der Waals surface area contributed by atoms with Crippen molar-refractivity contribution in [2.75, 3.05) is 0 Å². The van der Waals surface area contributed by atoms with Gasteiger partial charge in [-0.1, -0.05) is 36.4 Å². The molecule has 3 heterocycles. The molecular weight excluding hydrogens is 372 g/mol. The summed E-state index contributed by atoms with van der Waals surface area (Å²) >= 11 is 0. The number of benzene rings is 2. The molecule has 9 heteroatoms. The Labute approximate surface area is 162 Å². The molecule has 0 unspecified atom stereocenters. The normalized spacial score (nSPS) is 11.3. The van der Waals surface area contributed by atoms with Gasteiger partial charge in [0.2, 0.25) is 5.95 Å². The lowest BCUT2D eigenvalue weighted by Crippen LogP contribution is -2.15. The van der Waals surface area contributed by atoms with E-state index in [1.807, 2.05) is 30.3 Å². The van der Waals surface area contributed by atoms with Gasteiger partial charge < -0.3 is 9.67 Å². The number of aromatic carboxylic acids is 1. The molecule has 0 saturated carbocycles. The maximum atomic E-state index is 12.4. The largest absolute Gasteiger partial charge is 0.478 e. The van der Waals surface area contributed by atoms with E-state index in [1.54, 1.807) is 10.9 Å². The highest BCUT2D eigenvalue weighted by Gasteiger charge is 2.14. The Morgan fingerprint density at radius 1 is 1.14 bits per heavy atom. The molecule has 29 heavy (non-hydrogen) atoms. The summed E-state index contributed by atoms with van der Waals surface area (Å²) in [5.41, 5.74) is 1.22. The first kappa shape index (κ1) is 16.9. The lowest BCUT2D eigenvalue weighted by molar-refractivity contribution is 0.0697. The van der Waals surface area contributed by atoms with Gasteiger partial charge >= 0.3 is 5.97 Å². The first-order valence-corrected chi connectivity index (χ1v) is 8.80. The number of nitrogens with zero attached hydrogens (tertiary/aromatic N) is 5. The molecule has 0 radical (unpaired) electrons. The molecule has 0 aliphatic rings. The lowest BCUT2D eigenvalue weighted by Gasteiger charge is -2.07. The minimum Gasteiger partial charge on any atom is -0.478 e. The molecule has 5 rings (SSSR count). The number of carbonyl (C=O) groups is 1. The highest BCUT2D eigenvalue weighted by molar-refractivity contribution is 5.87. The Kier molecular flexibility index (Phi) is 3.73. The number of carboxylic acid groups (broad SMARTS) is 1. The van der Waals surface area contributed by atoms with Crippen LogP contribution in [0.2, 0.25) is 0 Å². The first-order valence-electron chi connectivity index (χ1n) is 8.80. The van der Waals surface area contributed by atoms with E-state index < -0.39 is 11.5 Å². The smallest absolute Gasteiger partial charge is 0.338 e. The van der Waals surface area contributed by atoms with E-state index in [4.69, 9.17) is 5.11 Å². The predicted molar refractivity (Wildman–Crippen MR) is 105 cm³/mol. The van der Waals surface area contributed by atoms with Crippen LogP contribution in [0.5, 0.6) is 0 Å². The van der Waals surface area contributed by atoms with Gasteiger partial charge in [0.05, 0.1) is 24.6 Å². The zero-order valence-electron chi connectivity index (χ0n) is 15.0. The Morgan fingerprint density at radius 3 is 2.76 bits per heavy atom. The minimum absolute atomic E-state index is 0.00239. The number of nitrogens with one attached hydrogen (secondary N) is 1. The molecule has 0 aliphatic heterocycles. The third-order valence-corrected chi connectivity index (χ3v) is 4.68. The van der Waals surface area contributed by atoms with Gasteiger partial charge in [-0.2, -0.15) is 10.1 Å². The SMILES string of the molecule is O=C(O)c1cnn(-c2nc3c(ncn3Cc3ccc4ccccc4c3)c(=O)[nH]2)c1. The number of rotatable bonds is 4. The number of imidazole rings is 1. The average molecular weight is 386 g/mol. The van der Waals surface area contributed by atoms with Gasteiger partial charge in [-0.25, -0.2) is 14.5 Å². The molecule has 0 aliphatic carbocycles. The quantitative estimate of drug-likeness (QED) is 0.489. The summed E-state index contributed by atoms with van der Waals surface area (Å²) in [5, 5.41) is 15.3. The number of fused-ring (bicyclic) bond motifs is 2. The van der Waals surface area contributed by atoms with E-state index in [1.165, 1.54) is 17.1 Å². The Balaban J connectivity index is 1.57. The topological polar surface area (TPSA) is 119 Å². The maximum Gasteiger partial charge on any atom is 0.338 e. The van der Waals surface area contributed by atoms with Crippen molar-refractivity contribution < 1.29 is 9.90 Å². The number of carboxylic acids is 1. The molecular formula is C20H14N6O3. The van der Waals surface area contributed by atoms with E-state index in [-0.39, 0.29) is 17.0 Å². The number of aromatic nitrogens is 6. The van der Waals surface area contributed by atoms with Gasteiger partial charge in [-0.3, -0.25) is 9.78 Å². The van der Waals surface area contributed by atoms with Crippen molar-refractivity contribution in [1.29, 1.82) is 0 Å². The summed E-state index contributed by atoms with van der Waals surface area (Å²) in [6.07, 6.45) is 4.05. The molecule has 3 aromatic heterocycles. The van der Waals surface area contributed by atoms with Crippen LogP contribution < -0.4 is 5.56 Å². The molecule has 0 amide bonds. The van der Waals surface area contributed by atoms with E-state index in [9.17, 15) is 9.59 Å². The zero-order valence-corrected chi connectivity index (χ0v) is 15.0. The van der Waals surface area contributed by atoms with Gasteiger partial charge in [0.15, 0.2) is 11.2 Å². The maximum absolute atomic E-state index is 12.4. The summed E-state index contributed by atoms with van der Waals surface area (Å²) in [6.45, 7) is 0.483. The fourth-order valence-electron chi connectivity index (χ4n) is 3.25. The van der Waals surface area contributed by atoms with E-state index in [0.717, 1.165) is 16.3 Å². The standard InChI is InChI=1S/C20H14N6O3/c27-18-16-17(23-20(24-18)26-10-15(8-22-26)19(28)29)25(11-21-16)9-12-5-6-13-3-1-2-4-14(13)7-12/h1-8,10-11H,9H2,(H,28,29)(H,23,24,27). The van der Waals surface area contributed by atoms with Crippen LogP contribution in [0.15, 0.2) is 66.0 Å². The van der Waals surface area contributed by atoms with Gasteiger partial charge in [-0.05, 0) is 22.4 Å². The van der Waals surface area contributed by atoms with Crippen molar-refractivity contribution in [3.05, 3.63) is 82.7 Å². The summed E-state index contributed by atoms with van der Waals surface area (Å²) in [4.78, 5) is 34.7. The van der Waals surface area contributed by atoms with Crippen LogP contribution in [0.3, 0.4) is 0 Å². The Morgan fingerprint density at radius 2 is 1.97 bits per heavy atom. The van der Waals surface area contributed by atoms with Crippen LogP contribution in [0.1, 0.15) is 15.9 Å². The van der Waals surface area contributed by atoms with Gasteiger partial charge in [0.1, 0.15) is 0 Å². The van der Waals surface area contributed by atoms with Crippen LogP contribution in [-0.4, -0.2) is 40.4 Å². The molecule has 9 nitrogen and oxygen atoms in total. The third-order valence-electron chi connectivity index (χ3n) is 4.68. The monoisotopic (exact) mass is 386 g/mol. The van der Waals surface area contributed by atoms with Crippen LogP contribution in [0.25, 0.3) is 27.9 Å². The zero-order chi connectivity index (χ0) is 20.0. The molecule has 0 atom stereocenters. The lowest BCUT2D eigenvalue weighted by atomic mass is 10.1. The van der Waals surface area contributed by atoms with E-state index in [0.29, 0.717) is 12.2 Å². The van der Waals surface area contributed by atoms with Crippen molar-refractivity contribution in [2.45, 2.75) is 6.54 Å². The predicted octanol–water partition coefficient (Wildman–Crippen LogP) is 2.21. The van der Waals surface area contributed by atoms with Crippen molar-refractivity contribution >= 4 is 27.9 Å². The molecule has 2 aromatic carbocycles. The molecule has 0 fully saturated rings. The second-order valence-corrected chi connectivity index (χ2v) is 6.59. The summed E-state index contributed by atoms with van der Waals surface area (Å²) in [6, 6.07) is 14.2. The Bertz CT molecular complexity index is 1450. The van der Waals surface area contributed by atoms with Gasteiger partial charge in [-0.15, -0.1) is 0 Å². The average Bonchev–Trinajstić information content (AvgIpc) is 3.36. The van der Waals surface area contributed by atoms with Crippen LogP contribution in [0.4, 0.5) is 0 Å². The van der Waals surface area contributed by atoms with Gasteiger partial charge in [0, 0.05) is 6.20 Å². The highest BCUT2D eigenvalue weighted by Crippen LogP contribution is 2.18. The van der Waals surface area contributed by atoms with Crippen molar-refractivity contribution in [1.82, 2.24) is 29.3 Å². The second kappa shape index (κ2) is 6.41. The number of H-pyrrole nitrogens is 1. The number of hydrogen-bond acceptors (Lipinski definition) is 5. The highest BCUT2D eigenvalue weighted by atomic mass is 16.4. The summed E-state index contributed by atoms with van der Waals surface area (Å²) in [7, 11) is 0. The molecule has 0 spiro atoms. The van der Waals surface area contributed by atoms with Gasteiger partial charge in [0.25, 0.3) is 5.56 Å². The number of aromatic amines is 1. The van der Waals surface area contributed by atoms with Crippen molar-refractivity contribution in [3.63, 3.8) is 0 Å². The minimum atomic E-state index is -1.11. The second-order valence-electron chi connectivity index (χ2n) is 6.59. The Hall–Kier alpha value is -4.27. The van der Waals surface area contributed by atoms with Crippen LogP contribution in [0, 0.1) is 0 Å². The van der Waals surface area contributed by atoms with E-state index in [2.05, 4.69) is 32.2 Å². The van der Waals surface area contributed by atoms with Crippen molar-refractivity contribution in [2.24, 2.45) is 0 Å². The number of hydrogen-bond donors (Lipinski definition) is 2. The third kappa shape index (κ3) is 2.94. The fraction of sp³-hybridized carbons (Fsp3) is 0.0500. The molecule has 5 aromatic rings. The molecule has 0 bridgehead atoms. The molecule has 2 N–H and O–H groups in total. The summed E-state index contributed by atoms with van der Waals surface area (Å²) in [5.74, 6) is -0.990.